The molecule has 0 atom stereocenters. The largest absolute Gasteiger partial charge is 0.368 e. The number of aromatic nitrogens is 5. The van der Waals surface area contributed by atoms with Crippen LogP contribution < -0.4 is 11.5 Å². The smallest absolute Gasteiger partial charge is 0.225 e. The predicted octanol–water partition coefficient (Wildman–Crippen LogP) is 1.05. The first-order chi connectivity index (χ1) is 9.52. The Morgan fingerprint density at radius 3 is 2.35 bits per heavy atom. The molecule has 0 spiro atoms. The zero-order valence-electron chi connectivity index (χ0n) is 11.3. The predicted molar refractivity (Wildman–Crippen MR) is 77.0 cm³/mol. The van der Waals surface area contributed by atoms with Crippen LogP contribution in [0.3, 0.4) is 0 Å². The number of nitrogen functional groups attached to an aromatic ring is 2. The van der Waals surface area contributed by atoms with Crippen LogP contribution in [0, 0.1) is 13.8 Å². The molecule has 2 heterocycles. The van der Waals surface area contributed by atoms with Gasteiger partial charge in [-0.1, -0.05) is 0 Å². The van der Waals surface area contributed by atoms with Crippen molar-refractivity contribution >= 4 is 22.9 Å². The van der Waals surface area contributed by atoms with Crippen molar-refractivity contribution in [1.82, 2.24) is 24.5 Å². The molecule has 20 heavy (non-hydrogen) atoms. The van der Waals surface area contributed by atoms with E-state index in [0.717, 1.165) is 11.0 Å². The lowest BCUT2D eigenvalue weighted by molar-refractivity contribution is 0.759. The van der Waals surface area contributed by atoms with Crippen LogP contribution in [0.4, 0.5) is 11.9 Å². The molecule has 0 saturated heterocycles. The first-order valence-corrected chi connectivity index (χ1v) is 6.21. The Bertz CT molecular complexity index is 771. The highest BCUT2D eigenvalue weighted by molar-refractivity contribution is 5.77. The summed E-state index contributed by atoms with van der Waals surface area (Å²) in [5.41, 5.74) is 15.6. The SMILES string of the molecule is Cc1cc2ncn(Cc3nc(N)nc(N)n3)c2cc1C. The van der Waals surface area contributed by atoms with E-state index in [1.54, 1.807) is 6.33 Å². The molecule has 0 amide bonds. The third-order valence-electron chi connectivity index (χ3n) is 3.26. The quantitative estimate of drug-likeness (QED) is 0.719. The van der Waals surface area contributed by atoms with Crippen LogP contribution in [-0.2, 0) is 6.54 Å². The van der Waals surface area contributed by atoms with Gasteiger partial charge in [0.25, 0.3) is 0 Å². The number of aryl methyl sites for hydroxylation is 2. The summed E-state index contributed by atoms with van der Waals surface area (Å²) in [6.45, 7) is 4.60. The van der Waals surface area contributed by atoms with Crippen LogP contribution in [0.1, 0.15) is 17.0 Å². The normalized spacial score (nSPS) is 11.1. The Balaban J connectivity index is 2.04. The lowest BCUT2D eigenvalue weighted by atomic mass is 10.1. The molecule has 2 aromatic heterocycles. The van der Waals surface area contributed by atoms with Gasteiger partial charge in [-0.05, 0) is 37.1 Å². The number of hydrogen-bond acceptors (Lipinski definition) is 6. The molecule has 0 fully saturated rings. The summed E-state index contributed by atoms with van der Waals surface area (Å²) >= 11 is 0. The van der Waals surface area contributed by atoms with Gasteiger partial charge in [0.2, 0.25) is 11.9 Å². The van der Waals surface area contributed by atoms with Gasteiger partial charge in [0.15, 0.2) is 5.82 Å². The second-order valence-corrected chi connectivity index (χ2v) is 4.77. The van der Waals surface area contributed by atoms with Gasteiger partial charge in [0, 0.05) is 0 Å². The maximum Gasteiger partial charge on any atom is 0.225 e. The fraction of sp³-hybridized carbons (Fsp3) is 0.231. The lowest BCUT2D eigenvalue weighted by Gasteiger charge is -2.06. The molecule has 0 unspecified atom stereocenters. The highest BCUT2D eigenvalue weighted by Gasteiger charge is 2.08. The molecule has 0 aliphatic rings. The van der Waals surface area contributed by atoms with Crippen molar-refractivity contribution in [1.29, 1.82) is 0 Å². The van der Waals surface area contributed by atoms with Crippen LogP contribution in [-0.4, -0.2) is 24.5 Å². The highest BCUT2D eigenvalue weighted by atomic mass is 15.2. The van der Waals surface area contributed by atoms with E-state index in [-0.39, 0.29) is 11.9 Å². The number of benzene rings is 1. The maximum absolute atomic E-state index is 5.58. The van der Waals surface area contributed by atoms with E-state index in [0.29, 0.717) is 12.4 Å². The molecule has 7 nitrogen and oxygen atoms in total. The van der Waals surface area contributed by atoms with E-state index >= 15 is 0 Å². The van der Waals surface area contributed by atoms with Gasteiger partial charge >= 0.3 is 0 Å². The Labute approximate surface area is 115 Å². The summed E-state index contributed by atoms with van der Waals surface area (Å²) in [6, 6.07) is 4.17. The third kappa shape index (κ3) is 2.13. The topological polar surface area (TPSA) is 109 Å². The molecule has 0 radical (unpaired) electrons. The van der Waals surface area contributed by atoms with Crippen LogP contribution in [0.2, 0.25) is 0 Å². The number of rotatable bonds is 2. The maximum atomic E-state index is 5.58. The number of imidazole rings is 1. The molecule has 3 aromatic rings. The fourth-order valence-electron chi connectivity index (χ4n) is 2.12. The van der Waals surface area contributed by atoms with Crippen LogP contribution >= 0.6 is 0 Å². The van der Waals surface area contributed by atoms with E-state index in [1.807, 2.05) is 4.57 Å². The molecule has 4 N–H and O–H groups in total. The van der Waals surface area contributed by atoms with Crippen LogP contribution in [0.15, 0.2) is 18.5 Å². The second kappa shape index (κ2) is 4.44. The highest BCUT2D eigenvalue weighted by Crippen LogP contribution is 2.19. The van der Waals surface area contributed by atoms with Gasteiger partial charge in [-0.3, -0.25) is 0 Å². The number of nitrogens with two attached hydrogens (primary N) is 2. The molecular formula is C13H15N7. The molecule has 0 aliphatic carbocycles. The summed E-state index contributed by atoms with van der Waals surface area (Å²) in [6.07, 6.45) is 1.76. The monoisotopic (exact) mass is 269 g/mol. The average molecular weight is 269 g/mol. The average Bonchev–Trinajstić information content (AvgIpc) is 2.71. The first kappa shape index (κ1) is 12.3. The molecule has 1 aromatic carbocycles. The molecule has 0 saturated carbocycles. The number of fused-ring (bicyclic) bond motifs is 1. The van der Waals surface area contributed by atoms with Crippen molar-refractivity contribution in [2.45, 2.75) is 20.4 Å². The van der Waals surface area contributed by atoms with Crippen molar-refractivity contribution in [2.24, 2.45) is 0 Å². The minimum Gasteiger partial charge on any atom is -0.368 e. The van der Waals surface area contributed by atoms with Crippen molar-refractivity contribution < 1.29 is 0 Å². The van der Waals surface area contributed by atoms with E-state index in [2.05, 4.69) is 45.9 Å². The Kier molecular flexibility index (Phi) is 2.74. The molecule has 7 heteroatoms. The minimum absolute atomic E-state index is 0.129. The molecular weight excluding hydrogens is 254 g/mol. The number of hydrogen-bond donors (Lipinski definition) is 2. The summed E-state index contributed by atoms with van der Waals surface area (Å²) in [5, 5.41) is 0. The Hall–Kier alpha value is -2.70. The number of nitrogens with zero attached hydrogens (tertiary/aromatic N) is 5. The van der Waals surface area contributed by atoms with Gasteiger partial charge in [-0.15, -0.1) is 0 Å². The number of anilines is 2. The Morgan fingerprint density at radius 2 is 1.65 bits per heavy atom. The molecule has 102 valence electrons. The summed E-state index contributed by atoms with van der Waals surface area (Å²) < 4.78 is 1.97. The summed E-state index contributed by atoms with van der Waals surface area (Å²) in [5.74, 6) is 0.778. The molecule has 0 aliphatic heterocycles. The van der Waals surface area contributed by atoms with E-state index in [9.17, 15) is 0 Å². The third-order valence-corrected chi connectivity index (χ3v) is 3.26. The second-order valence-electron chi connectivity index (χ2n) is 4.77. The summed E-state index contributed by atoms with van der Waals surface area (Å²) in [4.78, 5) is 16.3. The van der Waals surface area contributed by atoms with Gasteiger partial charge in [-0.25, -0.2) is 4.98 Å². The molecule has 0 bridgehead atoms. The van der Waals surface area contributed by atoms with Gasteiger partial charge < -0.3 is 16.0 Å². The van der Waals surface area contributed by atoms with Gasteiger partial charge in [0.05, 0.1) is 23.9 Å². The van der Waals surface area contributed by atoms with E-state index in [1.165, 1.54) is 11.1 Å². The van der Waals surface area contributed by atoms with Gasteiger partial charge in [0.1, 0.15) is 0 Å². The van der Waals surface area contributed by atoms with Gasteiger partial charge in [-0.2, -0.15) is 15.0 Å². The first-order valence-electron chi connectivity index (χ1n) is 6.21. The fourth-order valence-corrected chi connectivity index (χ4v) is 2.12. The summed E-state index contributed by atoms with van der Waals surface area (Å²) in [7, 11) is 0. The van der Waals surface area contributed by atoms with Crippen LogP contribution in [0.5, 0.6) is 0 Å². The van der Waals surface area contributed by atoms with Crippen molar-refractivity contribution in [3.05, 3.63) is 35.4 Å². The minimum atomic E-state index is 0.129. The zero-order valence-corrected chi connectivity index (χ0v) is 11.3. The zero-order chi connectivity index (χ0) is 14.3. The van der Waals surface area contributed by atoms with Crippen LogP contribution in [0.25, 0.3) is 11.0 Å². The van der Waals surface area contributed by atoms with Crippen molar-refractivity contribution in [3.63, 3.8) is 0 Å². The Morgan fingerprint density at radius 1 is 1.00 bits per heavy atom. The molecule has 3 rings (SSSR count). The van der Waals surface area contributed by atoms with Crippen molar-refractivity contribution in [2.75, 3.05) is 11.5 Å². The van der Waals surface area contributed by atoms with E-state index < -0.39 is 0 Å². The van der Waals surface area contributed by atoms with E-state index in [4.69, 9.17) is 11.5 Å². The van der Waals surface area contributed by atoms with Crippen molar-refractivity contribution in [3.8, 4) is 0 Å². The lowest BCUT2D eigenvalue weighted by Crippen LogP contribution is -2.10. The standard InChI is InChI=1S/C13H15N7/c1-7-3-9-10(4-8(7)2)20(6-16-9)5-11-17-12(14)19-13(15)18-11/h3-4,6H,5H2,1-2H3,(H4,14,15,17,18,19).